The monoisotopic (exact) mass is 482 g/mol. The summed E-state index contributed by atoms with van der Waals surface area (Å²) >= 11 is 0. The van der Waals surface area contributed by atoms with Crippen molar-refractivity contribution in [2.24, 2.45) is 11.8 Å². The first-order chi connectivity index (χ1) is 16.8. The summed E-state index contributed by atoms with van der Waals surface area (Å²) in [6.07, 6.45) is 0.164. The van der Waals surface area contributed by atoms with Crippen LogP contribution in [-0.4, -0.2) is 56.0 Å². The van der Waals surface area contributed by atoms with Crippen molar-refractivity contribution in [1.82, 2.24) is 10.6 Å². The van der Waals surface area contributed by atoms with Gasteiger partial charge in [-0.15, -0.1) is 0 Å². The topological polar surface area (TPSA) is 114 Å². The van der Waals surface area contributed by atoms with Crippen molar-refractivity contribution in [2.75, 3.05) is 26.9 Å². The van der Waals surface area contributed by atoms with E-state index in [2.05, 4.69) is 22.8 Å². The largest absolute Gasteiger partial charge is 0.480 e. The van der Waals surface area contributed by atoms with Gasteiger partial charge in [-0.25, -0.2) is 9.59 Å². The molecule has 0 aromatic heterocycles. The zero-order valence-electron chi connectivity index (χ0n) is 20.5. The number of alkyl carbamates (subject to hydrolysis) is 1. The van der Waals surface area contributed by atoms with E-state index in [9.17, 15) is 19.5 Å². The van der Waals surface area contributed by atoms with Crippen molar-refractivity contribution in [3.05, 3.63) is 59.7 Å². The van der Waals surface area contributed by atoms with Crippen LogP contribution in [0.1, 0.15) is 43.7 Å². The highest BCUT2D eigenvalue weighted by atomic mass is 16.5. The van der Waals surface area contributed by atoms with Crippen LogP contribution in [0.5, 0.6) is 0 Å². The number of fused-ring (bicyclic) bond motifs is 3. The number of nitrogens with one attached hydrogen (secondary N) is 2. The molecule has 2 amide bonds. The second-order valence-electron chi connectivity index (χ2n) is 9.09. The van der Waals surface area contributed by atoms with E-state index in [-0.39, 0.29) is 31.4 Å². The van der Waals surface area contributed by atoms with E-state index >= 15 is 0 Å². The molecule has 0 spiro atoms. The average molecular weight is 483 g/mol. The number of benzene rings is 2. The highest BCUT2D eigenvalue weighted by Gasteiger charge is 2.30. The minimum atomic E-state index is -1.10. The van der Waals surface area contributed by atoms with E-state index in [4.69, 9.17) is 9.47 Å². The number of amides is 2. The third-order valence-electron chi connectivity index (χ3n) is 6.41. The highest BCUT2D eigenvalue weighted by molar-refractivity contribution is 5.85. The van der Waals surface area contributed by atoms with Crippen LogP contribution in [0.15, 0.2) is 48.5 Å². The molecule has 8 nitrogen and oxygen atoms in total. The fraction of sp³-hybridized carbons (Fsp3) is 0.444. The molecule has 2 aromatic rings. The van der Waals surface area contributed by atoms with Crippen LogP contribution in [0.25, 0.3) is 11.1 Å². The van der Waals surface area contributed by atoms with Gasteiger partial charge < -0.3 is 25.2 Å². The average Bonchev–Trinajstić information content (AvgIpc) is 3.15. The van der Waals surface area contributed by atoms with Gasteiger partial charge in [0.15, 0.2) is 0 Å². The van der Waals surface area contributed by atoms with E-state index in [0.29, 0.717) is 13.0 Å². The zero-order chi connectivity index (χ0) is 25.4. The number of carbonyl (C=O) groups excluding carboxylic acids is 2. The van der Waals surface area contributed by atoms with Crippen LogP contribution < -0.4 is 10.6 Å². The third-order valence-corrected chi connectivity index (χ3v) is 6.41. The van der Waals surface area contributed by atoms with Gasteiger partial charge >= 0.3 is 12.1 Å². The van der Waals surface area contributed by atoms with Crippen LogP contribution in [0.2, 0.25) is 0 Å². The number of carboxylic acids is 1. The molecule has 0 saturated carbocycles. The molecule has 188 valence electrons. The number of carbonyl (C=O) groups is 3. The van der Waals surface area contributed by atoms with E-state index in [1.54, 1.807) is 0 Å². The van der Waals surface area contributed by atoms with Crippen LogP contribution in [0.3, 0.4) is 0 Å². The second kappa shape index (κ2) is 12.4. The molecule has 0 fully saturated rings. The molecule has 0 bridgehead atoms. The smallest absolute Gasteiger partial charge is 0.407 e. The van der Waals surface area contributed by atoms with Gasteiger partial charge in [0.1, 0.15) is 12.6 Å². The molecular weight excluding hydrogens is 448 g/mol. The molecule has 1 aliphatic rings. The fourth-order valence-electron chi connectivity index (χ4n) is 4.44. The van der Waals surface area contributed by atoms with Crippen LogP contribution >= 0.6 is 0 Å². The summed E-state index contributed by atoms with van der Waals surface area (Å²) in [6, 6.07) is 15.2. The Bertz CT molecular complexity index is 992. The molecule has 0 heterocycles. The van der Waals surface area contributed by atoms with Crippen molar-refractivity contribution in [3.63, 3.8) is 0 Å². The summed E-state index contributed by atoms with van der Waals surface area (Å²) in [4.78, 5) is 36.8. The van der Waals surface area contributed by atoms with Gasteiger partial charge in [-0.05, 0) is 41.0 Å². The summed E-state index contributed by atoms with van der Waals surface area (Å²) in [5.74, 6) is -2.27. The SMILES string of the molecule is COCCCC(NC(=O)C(CNC(=O)OCC1c2ccccc2-c2ccccc21)C(C)C)C(=O)O. The van der Waals surface area contributed by atoms with Crippen molar-refractivity contribution < 1.29 is 29.0 Å². The van der Waals surface area contributed by atoms with Crippen LogP contribution in [-0.2, 0) is 19.1 Å². The Morgan fingerprint density at radius 3 is 2.14 bits per heavy atom. The number of hydrogen-bond acceptors (Lipinski definition) is 5. The van der Waals surface area contributed by atoms with E-state index in [1.165, 1.54) is 7.11 Å². The first-order valence-corrected chi connectivity index (χ1v) is 11.9. The minimum Gasteiger partial charge on any atom is -0.480 e. The minimum absolute atomic E-state index is 0.0462. The second-order valence-corrected chi connectivity index (χ2v) is 9.09. The maximum Gasteiger partial charge on any atom is 0.407 e. The molecule has 2 unspecified atom stereocenters. The lowest BCUT2D eigenvalue weighted by Crippen LogP contribution is -2.48. The van der Waals surface area contributed by atoms with Gasteiger partial charge in [0, 0.05) is 26.2 Å². The molecule has 0 aliphatic heterocycles. The van der Waals surface area contributed by atoms with E-state index in [0.717, 1.165) is 22.3 Å². The third kappa shape index (κ3) is 6.60. The van der Waals surface area contributed by atoms with Gasteiger partial charge in [0.05, 0.1) is 5.92 Å². The number of carboxylic acid groups (broad SMARTS) is 1. The summed E-state index contributed by atoms with van der Waals surface area (Å²) in [7, 11) is 1.54. The molecule has 1 aliphatic carbocycles. The van der Waals surface area contributed by atoms with Crippen molar-refractivity contribution in [1.29, 1.82) is 0 Å². The number of hydrogen-bond donors (Lipinski definition) is 3. The number of aliphatic carboxylic acids is 1. The quantitative estimate of drug-likeness (QED) is 0.397. The van der Waals surface area contributed by atoms with Gasteiger partial charge in [-0.1, -0.05) is 62.4 Å². The molecule has 2 aromatic carbocycles. The van der Waals surface area contributed by atoms with Crippen molar-refractivity contribution >= 4 is 18.0 Å². The fourth-order valence-corrected chi connectivity index (χ4v) is 4.44. The maximum atomic E-state index is 12.8. The first-order valence-electron chi connectivity index (χ1n) is 11.9. The summed E-state index contributed by atoms with van der Waals surface area (Å²) in [5, 5.41) is 14.7. The Kier molecular flexibility index (Phi) is 9.25. The van der Waals surface area contributed by atoms with Crippen LogP contribution in [0.4, 0.5) is 4.79 Å². The number of ether oxygens (including phenoxy) is 2. The molecular formula is C27H34N2O6. The molecule has 3 N–H and O–H groups in total. The number of rotatable bonds is 12. The predicted molar refractivity (Wildman–Crippen MR) is 132 cm³/mol. The Morgan fingerprint density at radius 2 is 1.60 bits per heavy atom. The summed E-state index contributed by atoms with van der Waals surface area (Å²) in [5.41, 5.74) is 4.53. The van der Waals surface area contributed by atoms with Crippen molar-refractivity contribution in [3.8, 4) is 11.1 Å². The van der Waals surface area contributed by atoms with Gasteiger partial charge in [-0.2, -0.15) is 0 Å². The zero-order valence-corrected chi connectivity index (χ0v) is 20.5. The van der Waals surface area contributed by atoms with E-state index < -0.39 is 29.9 Å². The van der Waals surface area contributed by atoms with Gasteiger partial charge in [-0.3, -0.25) is 4.79 Å². The highest BCUT2D eigenvalue weighted by Crippen LogP contribution is 2.44. The van der Waals surface area contributed by atoms with Gasteiger partial charge in [0.25, 0.3) is 0 Å². The standard InChI is InChI=1S/C27H34N2O6/c1-17(2)22(25(30)29-24(26(31)32)13-8-14-34-3)15-28-27(33)35-16-23-20-11-6-4-9-18(20)19-10-5-7-12-21(19)23/h4-7,9-12,17,22-24H,8,13-16H2,1-3H3,(H,28,33)(H,29,30)(H,31,32). The summed E-state index contributed by atoms with van der Waals surface area (Å²) in [6.45, 7) is 4.34. The Morgan fingerprint density at radius 1 is 1.00 bits per heavy atom. The molecule has 8 heteroatoms. The molecule has 0 radical (unpaired) electrons. The molecule has 35 heavy (non-hydrogen) atoms. The van der Waals surface area contributed by atoms with E-state index in [1.807, 2.05) is 50.2 Å². The normalized spacial score (nSPS) is 14.1. The van der Waals surface area contributed by atoms with Crippen LogP contribution in [0, 0.1) is 11.8 Å². The molecule has 2 atom stereocenters. The van der Waals surface area contributed by atoms with Crippen molar-refractivity contribution in [2.45, 2.75) is 38.6 Å². The summed E-state index contributed by atoms with van der Waals surface area (Å²) < 4.78 is 10.5. The Hall–Kier alpha value is -3.39. The van der Waals surface area contributed by atoms with Gasteiger partial charge in [0.2, 0.25) is 5.91 Å². The Labute approximate surface area is 206 Å². The lowest BCUT2D eigenvalue weighted by Gasteiger charge is -2.23. The maximum absolute atomic E-state index is 12.8. The first kappa shape index (κ1) is 26.2. The lowest BCUT2D eigenvalue weighted by molar-refractivity contribution is -0.143. The lowest BCUT2D eigenvalue weighted by atomic mass is 9.94. The number of methoxy groups -OCH3 is 1. The Balaban J connectivity index is 1.56. The molecule has 0 saturated heterocycles. The molecule has 3 rings (SSSR count). The predicted octanol–water partition coefficient (Wildman–Crippen LogP) is 3.79.